The molecule has 31 heavy (non-hydrogen) atoms. The van der Waals surface area contributed by atoms with Crippen LogP contribution in [0.5, 0.6) is 11.5 Å². The first-order valence-electron chi connectivity index (χ1n) is 9.26. The van der Waals surface area contributed by atoms with Crippen molar-refractivity contribution in [2.75, 3.05) is 19.5 Å². The Morgan fingerprint density at radius 2 is 1.84 bits per heavy atom. The zero-order chi connectivity index (χ0) is 21.6. The molecule has 0 fully saturated rings. The molecule has 0 aliphatic carbocycles. The third kappa shape index (κ3) is 5.52. The zero-order valence-electron chi connectivity index (χ0n) is 16.8. The summed E-state index contributed by atoms with van der Waals surface area (Å²) in [5.74, 6) is 1.84. The molecule has 2 aromatic heterocycles. The van der Waals surface area contributed by atoms with Gasteiger partial charge >= 0.3 is 0 Å². The highest BCUT2D eigenvalue weighted by Gasteiger charge is 2.11. The van der Waals surface area contributed by atoms with Gasteiger partial charge in [0.05, 0.1) is 19.9 Å². The summed E-state index contributed by atoms with van der Waals surface area (Å²) in [5, 5.41) is 15.3. The number of hydrogen-bond donors (Lipinski definition) is 1. The molecule has 0 saturated heterocycles. The number of nitrogens with one attached hydrogen (secondary N) is 1. The predicted octanol–water partition coefficient (Wildman–Crippen LogP) is 5.72. The van der Waals surface area contributed by atoms with Crippen LogP contribution in [0.1, 0.15) is 11.3 Å². The van der Waals surface area contributed by atoms with E-state index in [2.05, 4.69) is 15.5 Å². The number of anilines is 1. The lowest BCUT2D eigenvalue weighted by Crippen LogP contribution is -1.98. The van der Waals surface area contributed by atoms with Gasteiger partial charge in [-0.25, -0.2) is 9.37 Å². The number of ether oxygens (including phenoxy) is 2. The van der Waals surface area contributed by atoms with Crippen molar-refractivity contribution in [2.24, 2.45) is 0 Å². The van der Waals surface area contributed by atoms with Crippen LogP contribution in [0.25, 0.3) is 10.6 Å². The van der Waals surface area contributed by atoms with Crippen LogP contribution in [-0.4, -0.2) is 29.4 Å². The van der Waals surface area contributed by atoms with E-state index < -0.39 is 0 Å². The van der Waals surface area contributed by atoms with Crippen molar-refractivity contribution in [1.82, 2.24) is 15.2 Å². The Bertz CT molecular complexity index is 1150. The number of methoxy groups -OCH3 is 2. The van der Waals surface area contributed by atoms with Gasteiger partial charge in [-0.3, -0.25) is 0 Å². The Morgan fingerprint density at radius 1 is 1.03 bits per heavy atom. The lowest BCUT2D eigenvalue weighted by molar-refractivity contribution is 0.355. The smallest absolute Gasteiger partial charge is 0.206 e. The normalized spacial score (nSPS) is 10.8. The Balaban J connectivity index is 1.33. The Morgan fingerprint density at radius 3 is 2.61 bits per heavy atom. The summed E-state index contributed by atoms with van der Waals surface area (Å²) in [4.78, 5) is 4.73. The number of thiazole rings is 1. The van der Waals surface area contributed by atoms with E-state index in [-0.39, 0.29) is 5.82 Å². The van der Waals surface area contributed by atoms with Crippen molar-refractivity contribution < 1.29 is 13.9 Å². The van der Waals surface area contributed by atoms with Crippen molar-refractivity contribution in [1.29, 1.82) is 0 Å². The fourth-order valence-electron chi connectivity index (χ4n) is 2.73. The fourth-order valence-corrected chi connectivity index (χ4v) is 5.29. The van der Waals surface area contributed by atoms with Crippen LogP contribution >= 0.6 is 34.4 Å². The molecule has 2 heterocycles. The minimum absolute atomic E-state index is 0.241. The number of thioether (sulfide) groups is 1. The molecule has 10 heteroatoms. The first-order chi connectivity index (χ1) is 15.1. The summed E-state index contributed by atoms with van der Waals surface area (Å²) in [6.07, 6.45) is 0. The number of rotatable bonds is 9. The maximum atomic E-state index is 13.0. The van der Waals surface area contributed by atoms with Crippen LogP contribution in [-0.2, 0) is 12.3 Å². The van der Waals surface area contributed by atoms with Gasteiger partial charge in [0.2, 0.25) is 5.13 Å². The number of nitrogens with zero attached hydrogens (tertiary/aromatic N) is 3. The first kappa shape index (κ1) is 21.5. The third-order valence-electron chi connectivity index (χ3n) is 4.29. The largest absolute Gasteiger partial charge is 0.493 e. The monoisotopic (exact) mass is 474 g/mol. The zero-order valence-corrected chi connectivity index (χ0v) is 19.2. The average Bonchev–Trinajstić information content (AvgIpc) is 3.46. The third-order valence-corrected chi connectivity index (χ3v) is 7.28. The second-order valence-electron chi connectivity index (χ2n) is 6.36. The summed E-state index contributed by atoms with van der Waals surface area (Å²) in [7, 11) is 3.24. The van der Waals surface area contributed by atoms with E-state index in [1.807, 2.05) is 23.6 Å². The number of halogens is 1. The van der Waals surface area contributed by atoms with Gasteiger partial charge < -0.3 is 14.8 Å². The highest BCUT2D eigenvalue weighted by molar-refractivity contribution is 8.00. The van der Waals surface area contributed by atoms with Crippen molar-refractivity contribution in [3.63, 3.8) is 0 Å². The molecule has 0 radical (unpaired) electrons. The summed E-state index contributed by atoms with van der Waals surface area (Å²) >= 11 is 4.67. The average molecular weight is 475 g/mol. The molecule has 4 rings (SSSR count). The van der Waals surface area contributed by atoms with Gasteiger partial charge in [-0.05, 0) is 35.9 Å². The van der Waals surface area contributed by atoms with Gasteiger partial charge in [0.25, 0.3) is 0 Å². The quantitative estimate of drug-likeness (QED) is 0.311. The molecule has 160 valence electrons. The SMILES string of the molecule is COc1ccc(-c2nc(CSc3nnc(NCc4ccc(F)cc4)s3)cs2)cc1OC. The topological polar surface area (TPSA) is 69.2 Å². The molecule has 2 aromatic carbocycles. The van der Waals surface area contributed by atoms with Gasteiger partial charge in [0.1, 0.15) is 10.8 Å². The molecule has 0 aliphatic rings. The van der Waals surface area contributed by atoms with Crippen LogP contribution in [0.3, 0.4) is 0 Å². The Labute approximate surface area is 191 Å². The van der Waals surface area contributed by atoms with Gasteiger partial charge in [-0.1, -0.05) is 35.2 Å². The summed E-state index contributed by atoms with van der Waals surface area (Å²) in [6, 6.07) is 12.2. The molecule has 0 bridgehead atoms. The second-order valence-corrected chi connectivity index (χ2v) is 9.41. The van der Waals surface area contributed by atoms with E-state index in [0.29, 0.717) is 23.8 Å². The molecule has 1 N–H and O–H groups in total. The summed E-state index contributed by atoms with van der Waals surface area (Å²) in [5.41, 5.74) is 2.95. The van der Waals surface area contributed by atoms with Gasteiger partial charge in [0, 0.05) is 23.2 Å². The van der Waals surface area contributed by atoms with E-state index in [4.69, 9.17) is 14.5 Å². The van der Waals surface area contributed by atoms with Crippen molar-refractivity contribution in [3.8, 4) is 22.1 Å². The van der Waals surface area contributed by atoms with Crippen LogP contribution in [0, 0.1) is 5.82 Å². The minimum atomic E-state index is -0.241. The maximum Gasteiger partial charge on any atom is 0.206 e. The van der Waals surface area contributed by atoms with E-state index in [1.165, 1.54) is 23.5 Å². The lowest BCUT2D eigenvalue weighted by Gasteiger charge is -2.08. The molecule has 0 spiro atoms. The standard InChI is InChI=1S/C21H19FN4O2S3/c1-27-17-8-5-14(9-18(17)28-2)19-24-16(11-29-19)12-30-21-26-25-20(31-21)23-10-13-3-6-15(22)7-4-13/h3-9,11H,10,12H2,1-2H3,(H,23,25). The van der Waals surface area contributed by atoms with Gasteiger partial charge in [-0.15, -0.1) is 21.5 Å². The second kappa shape index (κ2) is 10.1. The number of benzene rings is 2. The van der Waals surface area contributed by atoms with E-state index >= 15 is 0 Å². The molecule has 0 atom stereocenters. The molecule has 0 amide bonds. The molecule has 0 saturated carbocycles. The molecular formula is C21H19FN4O2S3. The van der Waals surface area contributed by atoms with Crippen molar-refractivity contribution >= 4 is 39.6 Å². The molecule has 0 aliphatic heterocycles. The van der Waals surface area contributed by atoms with Crippen LogP contribution < -0.4 is 14.8 Å². The molecule has 0 unspecified atom stereocenters. The van der Waals surface area contributed by atoms with E-state index in [1.54, 1.807) is 49.5 Å². The fraction of sp³-hybridized carbons (Fsp3) is 0.190. The number of aromatic nitrogens is 3. The van der Waals surface area contributed by atoms with Crippen LogP contribution in [0.15, 0.2) is 52.2 Å². The molecule has 6 nitrogen and oxygen atoms in total. The Hall–Kier alpha value is -2.69. The lowest BCUT2D eigenvalue weighted by atomic mass is 10.2. The van der Waals surface area contributed by atoms with Crippen LogP contribution in [0.2, 0.25) is 0 Å². The predicted molar refractivity (Wildman–Crippen MR) is 124 cm³/mol. The Kier molecular flexibility index (Phi) is 7.00. The van der Waals surface area contributed by atoms with E-state index in [0.717, 1.165) is 31.3 Å². The summed E-state index contributed by atoms with van der Waals surface area (Å²) in [6.45, 7) is 0.570. The van der Waals surface area contributed by atoms with Crippen LogP contribution in [0.4, 0.5) is 9.52 Å². The minimum Gasteiger partial charge on any atom is -0.493 e. The maximum absolute atomic E-state index is 13.0. The summed E-state index contributed by atoms with van der Waals surface area (Å²) < 4.78 is 24.5. The van der Waals surface area contributed by atoms with Crippen molar-refractivity contribution in [2.45, 2.75) is 16.6 Å². The number of hydrogen-bond acceptors (Lipinski definition) is 9. The van der Waals surface area contributed by atoms with E-state index in [9.17, 15) is 4.39 Å². The highest BCUT2D eigenvalue weighted by Crippen LogP contribution is 2.35. The molecular weight excluding hydrogens is 455 g/mol. The first-order valence-corrected chi connectivity index (χ1v) is 11.9. The highest BCUT2D eigenvalue weighted by atomic mass is 32.2. The van der Waals surface area contributed by atoms with Gasteiger partial charge in [-0.2, -0.15) is 0 Å². The van der Waals surface area contributed by atoms with Crippen molar-refractivity contribution in [3.05, 3.63) is 64.9 Å². The molecule has 4 aromatic rings. The van der Waals surface area contributed by atoms with Gasteiger partial charge in [0.15, 0.2) is 15.8 Å².